The van der Waals surface area contributed by atoms with Crippen molar-refractivity contribution in [3.8, 4) is 0 Å². The molecule has 0 saturated carbocycles. The minimum atomic E-state index is -0.0367. The van der Waals surface area contributed by atoms with Crippen LogP contribution in [-0.2, 0) is 11.8 Å². The molecule has 0 N–H and O–H groups in total. The average Bonchev–Trinajstić information content (AvgIpc) is 3.17. The molecule has 1 amide bonds. The third-order valence-electron chi connectivity index (χ3n) is 6.23. The number of rotatable bonds is 3. The summed E-state index contributed by atoms with van der Waals surface area (Å²) in [6, 6.07) is 6.18. The molecule has 5 heteroatoms. The van der Waals surface area contributed by atoms with Crippen molar-refractivity contribution in [2.75, 3.05) is 19.6 Å². The van der Waals surface area contributed by atoms with Crippen molar-refractivity contribution in [1.82, 2.24) is 19.6 Å². The van der Waals surface area contributed by atoms with Gasteiger partial charge in [0.25, 0.3) is 5.91 Å². The maximum absolute atomic E-state index is 13.2. The smallest absolute Gasteiger partial charge is 0.255 e. The summed E-state index contributed by atoms with van der Waals surface area (Å²) in [5, 5.41) is 5.38. The monoisotopic (exact) mass is 410 g/mol. The second kappa shape index (κ2) is 8.00. The molecule has 0 spiro atoms. The second-order valence-electron chi connectivity index (χ2n) is 8.09. The van der Waals surface area contributed by atoms with Gasteiger partial charge in [-0.15, -0.1) is 0 Å². The van der Waals surface area contributed by atoms with E-state index in [-0.39, 0.29) is 5.91 Å². The number of fused-ring (bicyclic) bond motifs is 2. The Kier molecular flexibility index (Phi) is 5.04. The predicted molar refractivity (Wildman–Crippen MR) is 125 cm³/mol. The van der Waals surface area contributed by atoms with Crippen molar-refractivity contribution in [3.63, 3.8) is 0 Å². The van der Waals surface area contributed by atoms with Gasteiger partial charge in [0.1, 0.15) is 0 Å². The molecule has 3 aliphatic rings. The lowest BCUT2D eigenvalue weighted by molar-refractivity contribution is -0.122. The molecular formula is C26H26N4O. The molecule has 0 fully saturated rings. The van der Waals surface area contributed by atoms with E-state index in [1.165, 1.54) is 5.57 Å². The number of aromatic nitrogens is 2. The van der Waals surface area contributed by atoms with Gasteiger partial charge >= 0.3 is 0 Å². The van der Waals surface area contributed by atoms with Gasteiger partial charge < -0.3 is 0 Å². The van der Waals surface area contributed by atoms with E-state index >= 15 is 0 Å². The lowest BCUT2D eigenvalue weighted by Crippen LogP contribution is -2.30. The van der Waals surface area contributed by atoms with Crippen molar-refractivity contribution in [1.29, 1.82) is 0 Å². The summed E-state index contributed by atoms with van der Waals surface area (Å²) in [4.78, 5) is 17.4. The highest BCUT2D eigenvalue weighted by atomic mass is 16.2. The molecule has 31 heavy (non-hydrogen) atoms. The van der Waals surface area contributed by atoms with Crippen LogP contribution in [0.4, 0.5) is 0 Å². The highest BCUT2D eigenvalue weighted by Gasteiger charge is 2.21. The number of carbonyl (C=O) groups excluding carboxylic acids is 1. The SMILES string of the molecule is CCN1CC=C(C2=CN3C(=O)\C=C(c4ccc5c(cnn5C)c4)/C=C/C=C/3C=C2)CC1. The number of nitrogens with zero attached hydrogens (tertiary/aromatic N) is 4. The number of amides is 1. The lowest BCUT2D eigenvalue weighted by Gasteiger charge is -2.28. The maximum Gasteiger partial charge on any atom is 0.255 e. The Labute approximate surface area is 182 Å². The minimum absolute atomic E-state index is 0.0367. The molecule has 1 aromatic heterocycles. The van der Waals surface area contributed by atoms with Gasteiger partial charge in [-0.3, -0.25) is 19.3 Å². The topological polar surface area (TPSA) is 41.4 Å². The van der Waals surface area contributed by atoms with Gasteiger partial charge in [0, 0.05) is 43.5 Å². The molecule has 5 rings (SSSR count). The van der Waals surface area contributed by atoms with Gasteiger partial charge in [-0.1, -0.05) is 37.3 Å². The molecule has 0 atom stereocenters. The van der Waals surface area contributed by atoms with Crippen LogP contribution in [0.2, 0.25) is 0 Å². The summed E-state index contributed by atoms with van der Waals surface area (Å²) in [5.41, 5.74) is 6.30. The molecule has 5 nitrogen and oxygen atoms in total. The second-order valence-corrected chi connectivity index (χ2v) is 8.09. The molecule has 156 valence electrons. The first-order valence-corrected chi connectivity index (χ1v) is 10.8. The molecule has 3 aliphatic heterocycles. The Morgan fingerprint density at radius 3 is 2.84 bits per heavy atom. The summed E-state index contributed by atoms with van der Waals surface area (Å²) in [6.07, 6.45) is 19.0. The van der Waals surface area contributed by atoms with Crippen molar-refractivity contribution >= 4 is 22.4 Å². The van der Waals surface area contributed by atoms with Crippen LogP contribution in [0.1, 0.15) is 18.9 Å². The highest BCUT2D eigenvalue weighted by Crippen LogP contribution is 2.29. The number of hydrogen-bond acceptors (Lipinski definition) is 3. The summed E-state index contributed by atoms with van der Waals surface area (Å²) in [7, 11) is 1.93. The van der Waals surface area contributed by atoms with Crippen LogP contribution in [0.5, 0.6) is 0 Å². The normalized spacial score (nSPS) is 23.8. The van der Waals surface area contributed by atoms with Gasteiger partial charge in [-0.25, -0.2) is 0 Å². The molecule has 0 aliphatic carbocycles. The van der Waals surface area contributed by atoms with Crippen LogP contribution < -0.4 is 0 Å². The van der Waals surface area contributed by atoms with Gasteiger partial charge in [-0.2, -0.15) is 5.10 Å². The molecule has 4 heterocycles. The predicted octanol–water partition coefficient (Wildman–Crippen LogP) is 4.34. The molecule has 0 saturated heterocycles. The van der Waals surface area contributed by atoms with Gasteiger partial charge in [0.2, 0.25) is 0 Å². The van der Waals surface area contributed by atoms with E-state index in [0.29, 0.717) is 0 Å². The Hall–Kier alpha value is -3.44. The molecule has 0 unspecified atom stereocenters. The average molecular weight is 411 g/mol. The first-order valence-electron chi connectivity index (χ1n) is 10.8. The van der Waals surface area contributed by atoms with Gasteiger partial charge in [0.15, 0.2) is 0 Å². The van der Waals surface area contributed by atoms with E-state index in [1.54, 1.807) is 11.0 Å². The highest BCUT2D eigenvalue weighted by molar-refractivity contribution is 6.00. The van der Waals surface area contributed by atoms with E-state index in [0.717, 1.165) is 59.4 Å². The van der Waals surface area contributed by atoms with E-state index in [4.69, 9.17) is 0 Å². The first-order chi connectivity index (χ1) is 15.1. The fourth-order valence-electron chi connectivity index (χ4n) is 4.31. The number of carbonyl (C=O) groups is 1. The first kappa shape index (κ1) is 19.5. The Morgan fingerprint density at radius 2 is 2.03 bits per heavy atom. The molecule has 0 bridgehead atoms. The summed E-state index contributed by atoms with van der Waals surface area (Å²) < 4.78 is 1.85. The van der Waals surface area contributed by atoms with E-state index in [1.807, 2.05) is 60.6 Å². The number of hydrogen-bond donors (Lipinski definition) is 0. The largest absolute Gasteiger partial charge is 0.300 e. The Bertz CT molecular complexity index is 1240. The van der Waals surface area contributed by atoms with Crippen LogP contribution in [0.3, 0.4) is 0 Å². The van der Waals surface area contributed by atoms with Crippen LogP contribution in [0.15, 0.2) is 90.0 Å². The van der Waals surface area contributed by atoms with E-state index < -0.39 is 0 Å². The molecule has 0 radical (unpaired) electrons. The van der Waals surface area contributed by atoms with Crippen LogP contribution >= 0.6 is 0 Å². The zero-order valence-electron chi connectivity index (χ0n) is 18.0. The number of likely N-dealkylation sites (N-methyl/N-ethyl adjacent to an activating group) is 1. The van der Waals surface area contributed by atoms with Crippen LogP contribution in [-0.4, -0.2) is 45.1 Å². The van der Waals surface area contributed by atoms with Gasteiger partial charge in [0.05, 0.1) is 11.7 Å². The number of aryl methyl sites for hydroxylation is 1. The Balaban J connectivity index is 1.46. The molecule has 1 aromatic carbocycles. The third kappa shape index (κ3) is 3.73. The van der Waals surface area contributed by atoms with Crippen LogP contribution in [0, 0.1) is 0 Å². The van der Waals surface area contributed by atoms with E-state index in [2.05, 4.69) is 35.1 Å². The Morgan fingerprint density at radius 1 is 1.13 bits per heavy atom. The zero-order valence-corrected chi connectivity index (χ0v) is 18.0. The zero-order chi connectivity index (χ0) is 21.4. The van der Waals surface area contributed by atoms with Crippen molar-refractivity contribution in [2.45, 2.75) is 13.3 Å². The van der Waals surface area contributed by atoms with Crippen molar-refractivity contribution < 1.29 is 4.79 Å². The summed E-state index contributed by atoms with van der Waals surface area (Å²) >= 11 is 0. The summed E-state index contributed by atoms with van der Waals surface area (Å²) in [5.74, 6) is -0.0367. The van der Waals surface area contributed by atoms with Crippen LogP contribution in [0.25, 0.3) is 16.5 Å². The third-order valence-corrected chi connectivity index (χ3v) is 6.23. The van der Waals surface area contributed by atoms with Gasteiger partial charge in [-0.05, 0) is 59.5 Å². The number of benzene rings is 1. The van der Waals surface area contributed by atoms with Crippen molar-refractivity contribution in [2.24, 2.45) is 7.05 Å². The van der Waals surface area contributed by atoms with E-state index in [9.17, 15) is 4.79 Å². The molecule has 2 aromatic rings. The molecular weight excluding hydrogens is 384 g/mol. The fraction of sp³-hybridized carbons (Fsp3) is 0.231. The summed E-state index contributed by atoms with van der Waals surface area (Å²) in [6.45, 7) is 5.30. The fourth-order valence-corrected chi connectivity index (χ4v) is 4.31. The standard InChI is InChI=1S/C26H26N4O/c1-3-29-13-11-19(12-14-29)22-7-9-24-6-4-5-20(16-26(31)30(24)18-22)21-8-10-25-23(15-21)17-27-28(25)2/h4-11,15-18H,3,12-14H2,1-2H3/b5-4+,20-16+,24-6+. The minimum Gasteiger partial charge on any atom is -0.300 e. The maximum atomic E-state index is 13.2. The number of allylic oxidation sites excluding steroid dienone is 7. The van der Waals surface area contributed by atoms with Crippen molar-refractivity contribution in [3.05, 3.63) is 95.5 Å². The quantitative estimate of drug-likeness (QED) is 0.756. The lowest BCUT2D eigenvalue weighted by atomic mass is 9.96.